The number of thioether (sulfide) groups is 1. The van der Waals surface area contributed by atoms with Crippen LogP contribution in [0.15, 0.2) is 29.2 Å². The van der Waals surface area contributed by atoms with Gasteiger partial charge in [-0.3, -0.25) is 14.5 Å². The number of hydrogen-bond acceptors (Lipinski definition) is 4. The normalized spacial score (nSPS) is 20.4. The second kappa shape index (κ2) is 7.65. The van der Waals surface area contributed by atoms with Gasteiger partial charge in [-0.05, 0) is 56.8 Å². The van der Waals surface area contributed by atoms with E-state index in [1.54, 1.807) is 11.8 Å². The zero-order valence-corrected chi connectivity index (χ0v) is 13.7. The number of piperidine rings is 1. The van der Waals surface area contributed by atoms with Crippen molar-refractivity contribution in [1.82, 2.24) is 4.90 Å². The van der Waals surface area contributed by atoms with Crippen LogP contribution in [0.3, 0.4) is 0 Å². The van der Waals surface area contributed by atoms with Gasteiger partial charge < -0.3 is 10.4 Å². The Morgan fingerprint density at radius 1 is 1.36 bits per heavy atom. The number of benzene rings is 1. The smallest absolute Gasteiger partial charge is 0.307 e. The van der Waals surface area contributed by atoms with E-state index in [-0.39, 0.29) is 17.9 Å². The summed E-state index contributed by atoms with van der Waals surface area (Å²) in [6, 6.07) is 7.36. The molecule has 6 heteroatoms. The molecule has 2 atom stereocenters. The highest BCUT2D eigenvalue weighted by Crippen LogP contribution is 2.20. The van der Waals surface area contributed by atoms with E-state index in [9.17, 15) is 9.59 Å². The van der Waals surface area contributed by atoms with E-state index in [1.807, 2.05) is 42.3 Å². The van der Waals surface area contributed by atoms with Crippen LogP contribution in [0.1, 0.15) is 19.8 Å². The third-order valence-electron chi connectivity index (χ3n) is 4.09. The Morgan fingerprint density at radius 3 is 2.64 bits per heavy atom. The van der Waals surface area contributed by atoms with Gasteiger partial charge >= 0.3 is 5.97 Å². The predicted molar refractivity (Wildman–Crippen MR) is 88.2 cm³/mol. The molecule has 1 heterocycles. The third kappa shape index (κ3) is 4.24. The fraction of sp³-hybridized carbons (Fsp3) is 0.500. The number of carbonyl (C=O) groups is 2. The highest BCUT2D eigenvalue weighted by molar-refractivity contribution is 7.98. The highest BCUT2D eigenvalue weighted by atomic mass is 32.2. The van der Waals surface area contributed by atoms with Gasteiger partial charge in [0.05, 0.1) is 12.0 Å². The lowest BCUT2D eigenvalue weighted by Gasteiger charge is -2.34. The largest absolute Gasteiger partial charge is 0.481 e. The van der Waals surface area contributed by atoms with Gasteiger partial charge in [-0.2, -0.15) is 0 Å². The quantitative estimate of drug-likeness (QED) is 0.815. The average Bonchev–Trinajstić information content (AvgIpc) is 2.54. The van der Waals surface area contributed by atoms with E-state index in [0.29, 0.717) is 13.0 Å². The molecular weight excluding hydrogens is 300 g/mol. The predicted octanol–water partition coefficient (Wildman–Crippen LogP) is 2.53. The SMILES string of the molecule is CSc1ccc(NC(=O)C(C)N2CCCC(C(=O)O)C2)cc1. The number of amides is 1. The number of carbonyl (C=O) groups excluding carboxylic acids is 1. The maximum Gasteiger partial charge on any atom is 0.307 e. The first-order chi connectivity index (χ1) is 10.5. The third-order valence-corrected chi connectivity index (χ3v) is 4.83. The number of likely N-dealkylation sites (tertiary alicyclic amines) is 1. The molecule has 120 valence electrons. The monoisotopic (exact) mass is 322 g/mol. The molecular formula is C16H22N2O3S. The van der Waals surface area contributed by atoms with Crippen molar-refractivity contribution in [3.63, 3.8) is 0 Å². The molecule has 0 aliphatic carbocycles. The minimum Gasteiger partial charge on any atom is -0.481 e. The lowest BCUT2D eigenvalue weighted by Crippen LogP contribution is -2.48. The average molecular weight is 322 g/mol. The van der Waals surface area contributed by atoms with Gasteiger partial charge in [0, 0.05) is 17.1 Å². The first kappa shape index (κ1) is 16.8. The van der Waals surface area contributed by atoms with Crippen LogP contribution in [-0.2, 0) is 9.59 Å². The van der Waals surface area contributed by atoms with Crippen LogP contribution in [0, 0.1) is 5.92 Å². The summed E-state index contributed by atoms with van der Waals surface area (Å²) in [5, 5.41) is 12.0. The molecule has 22 heavy (non-hydrogen) atoms. The summed E-state index contributed by atoms with van der Waals surface area (Å²) in [6.07, 6.45) is 3.51. The summed E-state index contributed by atoms with van der Waals surface area (Å²) in [5.41, 5.74) is 0.765. The Balaban J connectivity index is 1.94. The zero-order valence-electron chi connectivity index (χ0n) is 12.9. The molecule has 0 bridgehead atoms. The molecule has 1 aromatic rings. The van der Waals surface area contributed by atoms with Crippen molar-refractivity contribution in [2.45, 2.75) is 30.7 Å². The van der Waals surface area contributed by atoms with Crippen molar-refractivity contribution in [3.05, 3.63) is 24.3 Å². The van der Waals surface area contributed by atoms with Gasteiger partial charge in [-0.1, -0.05) is 0 Å². The Morgan fingerprint density at radius 2 is 2.05 bits per heavy atom. The molecule has 1 fully saturated rings. The van der Waals surface area contributed by atoms with E-state index in [0.717, 1.165) is 23.5 Å². The van der Waals surface area contributed by atoms with E-state index in [2.05, 4.69) is 5.32 Å². The van der Waals surface area contributed by atoms with E-state index in [4.69, 9.17) is 5.11 Å². The van der Waals surface area contributed by atoms with Gasteiger partial charge in [0.2, 0.25) is 5.91 Å². The molecule has 1 amide bonds. The maximum absolute atomic E-state index is 12.3. The second-order valence-electron chi connectivity index (χ2n) is 5.57. The van der Waals surface area contributed by atoms with Gasteiger partial charge in [0.25, 0.3) is 0 Å². The highest BCUT2D eigenvalue weighted by Gasteiger charge is 2.30. The summed E-state index contributed by atoms with van der Waals surface area (Å²) in [7, 11) is 0. The summed E-state index contributed by atoms with van der Waals surface area (Å²) in [5.74, 6) is -1.24. The number of anilines is 1. The lowest BCUT2D eigenvalue weighted by atomic mass is 9.97. The van der Waals surface area contributed by atoms with Gasteiger partial charge in [-0.25, -0.2) is 0 Å². The molecule has 1 aliphatic rings. The fourth-order valence-corrected chi connectivity index (χ4v) is 3.05. The molecule has 1 saturated heterocycles. The van der Waals surface area contributed by atoms with Crippen LogP contribution in [0.25, 0.3) is 0 Å². The number of rotatable bonds is 5. The van der Waals surface area contributed by atoms with Crippen molar-refractivity contribution in [2.75, 3.05) is 24.7 Å². The van der Waals surface area contributed by atoms with Gasteiger partial charge in [0.15, 0.2) is 0 Å². The van der Waals surface area contributed by atoms with E-state index in [1.165, 1.54) is 0 Å². The van der Waals surface area contributed by atoms with Crippen LogP contribution in [0.4, 0.5) is 5.69 Å². The molecule has 2 rings (SSSR count). The van der Waals surface area contributed by atoms with Crippen molar-refractivity contribution < 1.29 is 14.7 Å². The minimum absolute atomic E-state index is 0.0945. The minimum atomic E-state index is -0.773. The zero-order chi connectivity index (χ0) is 16.1. The molecule has 2 N–H and O–H groups in total. The molecule has 1 aromatic carbocycles. The first-order valence-corrected chi connectivity index (χ1v) is 8.65. The summed E-state index contributed by atoms with van der Waals surface area (Å²) >= 11 is 1.65. The van der Waals surface area contributed by atoms with Gasteiger partial charge in [0.1, 0.15) is 0 Å². The fourth-order valence-electron chi connectivity index (χ4n) is 2.65. The van der Waals surface area contributed by atoms with Crippen LogP contribution >= 0.6 is 11.8 Å². The van der Waals surface area contributed by atoms with E-state index >= 15 is 0 Å². The molecule has 0 saturated carbocycles. The summed E-state index contributed by atoms with van der Waals surface area (Å²) < 4.78 is 0. The Labute approximate surface area is 135 Å². The number of hydrogen-bond donors (Lipinski definition) is 2. The van der Waals surface area contributed by atoms with Crippen molar-refractivity contribution in [2.24, 2.45) is 5.92 Å². The molecule has 0 radical (unpaired) electrons. The standard InChI is InChI=1S/C16H22N2O3S/c1-11(18-9-3-4-12(10-18)16(20)21)15(19)17-13-5-7-14(22-2)8-6-13/h5-8,11-12H,3-4,9-10H2,1-2H3,(H,17,19)(H,20,21). The topological polar surface area (TPSA) is 69.6 Å². The van der Waals surface area contributed by atoms with Gasteiger partial charge in [-0.15, -0.1) is 11.8 Å². The lowest BCUT2D eigenvalue weighted by molar-refractivity contribution is -0.144. The van der Waals surface area contributed by atoms with Crippen LogP contribution in [-0.4, -0.2) is 47.3 Å². The summed E-state index contributed by atoms with van der Waals surface area (Å²) in [6.45, 7) is 3.04. The number of carboxylic acids is 1. The number of nitrogens with one attached hydrogen (secondary N) is 1. The van der Waals surface area contributed by atoms with E-state index < -0.39 is 5.97 Å². The number of carboxylic acid groups (broad SMARTS) is 1. The molecule has 2 unspecified atom stereocenters. The Bertz CT molecular complexity index is 533. The molecule has 1 aliphatic heterocycles. The summed E-state index contributed by atoms with van der Waals surface area (Å²) in [4.78, 5) is 26.5. The van der Waals surface area contributed by atoms with Crippen LogP contribution in [0.2, 0.25) is 0 Å². The first-order valence-electron chi connectivity index (χ1n) is 7.43. The van der Waals surface area contributed by atoms with Crippen molar-refractivity contribution >= 4 is 29.3 Å². The molecule has 0 spiro atoms. The van der Waals surface area contributed by atoms with Crippen LogP contribution in [0.5, 0.6) is 0 Å². The second-order valence-corrected chi connectivity index (χ2v) is 6.45. The molecule has 0 aromatic heterocycles. The van der Waals surface area contributed by atoms with Crippen molar-refractivity contribution in [3.8, 4) is 0 Å². The maximum atomic E-state index is 12.3. The Kier molecular flexibility index (Phi) is 5.85. The number of nitrogens with zero attached hydrogens (tertiary/aromatic N) is 1. The molecule has 5 nitrogen and oxygen atoms in total. The van der Waals surface area contributed by atoms with Crippen molar-refractivity contribution in [1.29, 1.82) is 0 Å². The Hall–Kier alpha value is -1.53. The number of aliphatic carboxylic acids is 1. The van der Waals surface area contributed by atoms with Crippen LogP contribution < -0.4 is 5.32 Å².